The van der Waals surface area contributed by atoms with E-state index >= 15 is 0 Å². The number of nitrogen functional groups attached to an aromatic ring is 1. The molecule has 0 aromatic heterocycles. The molecule has 16 heavy (non-hydrogen) atoms. The molecular weight excluding hydrogens is 218 g/mol. The van der Waals surface area contributed by atoms with Crippen LogP contribution in [0, 0.1) is 13.8 Å². The average Bonchev–Trinajstić information content (AvgIpc) is 2.23. The molecule has 2 heteroatoms. The van der Waals surface area contributed by atoms with Gasteiger partial charge in [0.15, 0.2) is 0 Å². The first-order chi connectivity index (χ1) is 7.59. The minimum Gasteiger partial charge on any atom is -0.398 e. The molecular formula is C14H14ClN. The zero-order chi connectivity index (χ0) is 11.7. The third kappa shape index (κ3) is 1.91. The molecule has 0 unspecified atom stereocenters. The summed E-state index contributed by atoms with van der Waals surface area (Å²) in [4.78, 5) is 0. The van der Waals surface area contributed by atoms with Gasteiger partial charge in [-0.3, -0.25) is 0 Å². The van der Waals surface area contributed by atoms with E-state index in [0.717, 1.165) is 11.3 Å². The molecule has 2 aromatic rings. The van der Waals surface area contributed by atoms with Crippen LogP contribution in [-0.2, 0) is 0 Å². The van der Waals surface area contributed by atoms with Gasteiger partial charge in [0.1, 0.15) is 0 Å². The van der Waals surface area contributed by atoms with Crippen LogP contribution in [0.15, 0.2) is 36.4 Å². The molecule has 0 bridgehead atoms. The summed E-state index contributed by atoms with van der Waals surface area (Å²) in [6.07, 6.45) is 0. The molecule has 0 saturated heterocycles. The first kappa shape index (κ1) is 11.0. The molecule has 82 valence electrons. The number of halogens is 1. The monoisotopic (exact) mass is 231 g/mol. The lowest BCUT2D eigenvalue weighted by molar-refractivity contribution is 1.38. The van der Waals surface area contributed by atoms with E-state index in [4.69, 9.17) is 17.3 Å². The van der Waals surface area contributed by atoms with Crippen LogP contribution in [-0.4, -0.2) is 0 Å². The maximum absolute atomic E-state index is 6.02. The largest absolute Gasteiger partial charge is 0.398 e. The summed E-state index contributed by atoms with van der Waals surface area (Å²) >= 11 is 6.02. The van der Waals surface area contributed by atoms with Gasteiger partial charge in [0.25, 0.3) is 0 Å². The van der Waals surface area contributed by atoms with Gasteiger partial charge in [0.2, 0.25) is 0 Å². The van der Waals surface area contributed by atoms with Crippen LogP contribution in [0.2, 0.25) is 5.02 Å². The fourth-order valence-electron chi connectivity index (χ4n) is 1.98. The van der Waals surface area contributed by atoms with E-state index in [2.05, 4.69) is 32.0 Å². The Bertz CT molecular complexity index is 512. The standard InChI is InChI=1S/C14H14ClN/c1-9-4-3-5-10(2)14(9)12-8-11(15)6-7-13(12)16/h3-8H,16H2,1-2H3. The summed E-state index contributed by atoms with van der Waals surface area (Å²) in [5.74, 6) is 0. The first-order valence-corrected chi connectivity index (χ1v) is 5.59. The summed E-state index contributed by atoms with van der Waals surface area (Å²) in [6, 6.07) is 11.8. The third-order valence-corrected chi connectivity index (χ3v) is 3.00. The smallest absolute Gasteiger partial charge is 0.0413 e. The SMILES string of the molecule is Cc1cccc(C)c1-c1cc(Cl)ccc1N. The molecule has 0 aliphatic rings. The van der Waals surface area contributed by atoms with E-state index in [1.165, 1.54) is 16.7 Å². The number of rotatable bonds is 1. The Morgan fingerprint density at radius 1 is 1.00 bits per heavy atom. The Labute approximate surface area is 101 Å². The Kier molecular flexibility index (Phi) is 2.88. The fraction of sp³-hybridized carbons (Fsp3) is 0.143. The van der Waals surface area contributed by atoms with E-state index in [-0.39, 0.29) is 0 Å². The quantitative estimate of drug-likeness (QED) is 0.732. The van der Waals surface area contributed by atoms with E-state index in [1.54, 1.807) is 0 Å². The predicted molar refractivity (Wildman–Crippen MR) is 70.8 cm³/mol. The molecule has 2 N–H and O–H groups in total. The number of hydrogen-bond donors (Lipinski definition) is 1. The van der Waals surface area contributed by atoms with E-state index in [0.29, 0.717) is 5.02 Å². The second kappa shape index (κ2) is 4.18. The van der Waals surface area contributed by atoms with E-state index in [9.17, 15) is 0 Å². The third-order valence-electron chi connectivity index (χ3n) is 2.77. The molecule has 0 heterocycles. The Hall–Kier alpha value is -1.47. The van der Waals surface area contributed by atoms with Crippen LogP contribution in [0.5, 0.6) is 0 Å². The van der Waals surface area contributed by atoms with E-state index < -0.39 is 0 Å². The number of anilines is 1. The number of aryl methyl sites for hydroxylation is 2. The minimum absolute atomic E-state index is 0.715. The average molecular weight is 232 g/mol. The van der Waals surface area contributed by atoms with Crippen LogP contribution in [0.1, 0.15) is 11.1 Å². The van der Waals surface area contributed by atoms with Crippen LogP contribution in [0.4, 0.5) is 5.69 Å². The lowest BCUT2D eigenvalue weighted by Crippen LogP contribution is -1.94. The molecule has 0 aliphatic heterocycles. The van der Waals surface area contributed by atoms with Gasteiger partial charge < -0.3 is 5.73 Å². The summed E-state index contributed by atoms with van der Waals surface area (Å²) in [7, 11) is 0. The fourth-order valence-corrected chi connectivity index (χ4v) is 2.16. The molecule has 0 spiro atoms. The summed E-state index contributed by atoms with van der Waals surface area (Å²) in [6.45, 7) is 4.17. The normalized spacial score (nSPS) is 10.4. The Morgan fingerprint density at radius 2 is 1.62 bits per heavy atom. The second-order valence-electron chi connectivity index (χ2n) is 4.00. The zero-order valence-corrected chi connectivity index (χ0v) is 10.2. The summed E-state index contributed by atoms with van der Waals surface area (Å²) in [5, 5.41) is 0.715. The lowest BCUT2D eigenvalue weighted by Gasteiger charge is -2.12. The van der Waals surface area contributed by atoms with Crippen molar-refractivity contribution in [2.24, 2.45) is 0 Å². The highest BCUT2D eigenvalue weighted by Crippen LogP contribution is 2.33. The van der Waals surface area contributed by atoms with Gasteiger partial charge in [-0.25, -0.2) is 0 Å². The predicted octanol–water partition coefficient (Wildman–Crippen LogP) is 4.21. The highest BCUT2D eigenvalue weighted by Gasteiger charge is 2.08. The van der Waals surface area contributed by atoms with Crippen molar-refractivity contribution < 1.29 is 0 Å². The van der Waals surface area contributed by atoms with Gasteiger partial charge in [-0.05, 0) is 48.7 Å². The molecule has 0 aliphatic carbocycles. The van der Waals surface area contributed by atoms with Crippen LogP contribution < -0.4 is 5.73 Å². The van der Waals surface area contributed by atoms with Crippen molar-refractivity contribution in [3.63, 3.8) is 0 Å². The van der Waals surface area contributed by atoms with Gasteiger partial charge in [-0.2, -0.15) is 0 Å². The zero-order valence-electron chi connectivity index (χ0n) is 9.42. The molecule has 0 fully saturated rings. The van der Waals surface area contributed by atoms with E-state index in [1.807, 2.05) is 18.2 Å². The molecule has 2 aromatic carbocycles. The number of nitrogens with two attached hydrogens (primary N) is 1. The molecule has 2 rings (SSSR count). The molecule has 0 amide bonds. The molecule has 0 saturated carbocycles. The topological polar surface area (TPSA) is 26.0 Å². The van der Waals surface area contributed by atoms with Crippen molar-refractivity contribution in [1.82, 2.24) is 0 Å². The van der Waals surface area contributed by atoms with Crippen LogP contribution in [0.25, 0.3) is 11.1 Å². The maximum atomic E-state index is 6.02. The van der Waals surface area contributed by atoms with Gasteiger partial charge in [0.05, 0.1) is 0 Å². The lowest BCUT2D eigenvalue weighted by atomic mass is 9.95. The highest BCUT2D eigenvalue weighted by molar-refractivity contribution is 6.31. The van der Waals surface area contributed by atoms with Crippen molar-refractivity contribution in [2.45, 2.75) is 13.8 Å². The van der Waals surface area contributed by atoms with Crippen molar-refractivity contribution in [1.29, 1.82) is 0 Å². The van der Waals surface area contributed by atoms with Gasteiger partial charge in [-0.1, -0.05) is 29.8 Å². The van der Waals surface area contributed by atoms with Crippen LogP contribution in [0.3, 0.4) is 0 Å². The minimum atomic E-state index is 0.715. The Morgan fingerprint density at radius 3 is 2.25 bits per heavy atom. The van der Waals surface area contributed by atoms with Crippen molar-refractivity contribution in [3.05, 3.63) is 52.5 Å². The number of hydrogen-bond acceptors (Lipinski definition) is 1. The first-order valence-electron chi connectivity index (χ1n) is 5.21. The second-order valence-corrected chi connectivity index (χ2v) is 4.43. The molecule has 1 nitrogen and oxygen atoms in total. The Balaban J connectivity index is 2.72. The van der Waals surface area contributed by atoms with Crippen molar-refractivity contribution in [2.75, 3.05) is 5.73 Å². The van der Waals surface area contributed by atoms with Crippen molar-refractivity contribution >= 4 is 17.3 Å². The number of benzene rings is 2. The highest BCUT2D eigenvalue weighted by atomic mass is 35.5. The van der Waals surface area contributed by atoms with Gasteiger partial charge in [-0.15, -0.1) is 0 Å². The summed E-state index contributed by atoms with van der Waals surface area (Å²) < 4.78 is 0. The van der Waals surface area contributed by atoms with Crippen molar-refractivity contribution in [3.8, 4) is 11.1 Å². The van der Waals surface area contributed by atoms with Gasteiger partial charge in [0, 0.05) is 16.3 Å². The van der Waals surface area contributed by atoms with Crippen LogP contribution >= 0.6 is 11.6 Å². The molecule has 0 radical (unpaired) electrons. The van der Waals surface area contributed by atoms with Gasteiger partial charge >= 0.3 is 0 Å². The maximum Gasteiger partial charge on any atom is 0.0413 e. The summed E-state index contributed by atoms with van der Waals surface area (Å²) in [5.41, 5.74) is 11.4. The molecule has 0 atom stereocenters.